The molecule has 0 spiro atoms. The second-order valence-corrected chi connectivity index (χ2v) is 48.0. The van der Waals surface area contributed by atoms with Crippen LogP contribution < -0.4 is 9.47 Å². The number of ether oxygens (including phenoxy) is 9. The van der Waals surface area contributed by atoms with Crippen LogP contribution in [0.3, 0.4) is 0 Å². The van der Waals surface area contributed by atoms with Gasteiger partial charge in [-0.3, -0.25) is 4.79 Å². The number of aryl methyl sites for hydroxylation is 19. The van der Waals surface area contributed by atoms with E-state index in [0.29, 0.717) is 98.1 Å². The molecule has 11 aromatic rings. The van der Waals surface area contributed by atoms with Gasteiger partial charge in [0, 0.05) is 117 Å². The van der Waals surface area contributed by atoms with Crippen LogP contribution in [0.1, 0.15) is 353 Å². The fourth-order valence-corrected chi connectivity index (χ4v) is 26.9. The van der Waals surface area contributed by atoms with Gasteiger partial charge in [0.1, 0.15) is 18.1 Å². The second kappa shape index (κ2) is 70.8. The van der Waals surface area contributed by atoms with Gasteiger partial charge in [-0.15, -0.1) is 113 Å². The molecule has 0 aliphatic carbocycles. The molecule has 1 aromatic carbocycles. The maximum absolute atomic E-state index is 12.0. The summed E-state index contributed by atoms with van der Waals surface area (Å²) in [6.45, 7) is 60.8. The van der Waals surface area contributed by atoms with Crippen molar-refractivity contribution in [2.75, 3.05) is 99.1 Å². The average molecular weight is 1990 g/mol. The fourth-order valence-electron chi connectivity index (χ4n) is 15.8. The standard InChI is InChI=1S/C24H34S2.C20H32S2.C15H26O4S.C14H24O4S.C14H18OS2.C12H20OS.C12H20S/c1-5-7-9-11-13-19-21-15-17(3)26-24(21)20(14-12-10-8-6-2)22-16-18(4)25-23(19)22;1-5-7-9-11-13-17-15(3)21-20-18(14-12-10-8-6-2)16(4)22-19(17)20;1-4-16-5-6-17-7-8-18-9-10-19-12-15-11-13(2)20-14(15)3;1-4-15-5-6-16-7-8-17-9-10-18-14-11-12(2)19-13(14)3;1-4-5-6-7-12(15)13-8-11-9(2)16-10(3)14(11)17-13;1-4-5-6-7-8-13-12-9-10(2)14-11(12)3;1-4-5-6-7-8-12-9-10(2)13-11(12)3/h15-16H,5-14H2,1-4H3;5-14H2,1-4H3;11H,4-10,12H2,1-3H3;11H,4-10H2,1-3H3;8H,4-7H2,1-3H3;9H,4-8H2,1-3H3;9H,4-8H2,1-3H3. The zero-order chi connectivity index (χ0) is 95.5. The lowest BCUT2D eigenvalue weighted by Gasteiger charge is -2.11. The number of unbranched alkanes of at least 4 members (excludes halogenated alkanes) is 20. The van der Waals surface area contributed by atoms with E-state index in [-0.39, 0.29) is 0 Å². The molecule has 11 rings (SSSR count). The van der Waals surface area contributed by atoms with Crippen molar-refractivity contribution < 1.29 is 47.4 Å². The monoisotopic (exact) mass is 1990 g/mol. The number of fused-ring (bicyclic) bond motifs is 4. The first-order chi connectivity index (χ1) is 63.4. The van der Waals surface area contributed by atoms with Crippen molar-refractivity contribution in [3.8, 4) is 11.5 Å². The Morgan fingerprint density at radius 1 is 0.237 bits per heavy atom. The molecule has 10 aromatic heterocycles. The van der Waals surface area contributed by atoms with Crippen LogP contribution in [0.5, 0.6) is 11.5 Å². The van der Waals surface area contributed by atoms with Crippen molar-refractivity contribution in [3.63, 3.8) is 0 Å². The molecule has 0 aliphatic rings. The molecule has 0 radical (unpaired) electrons. The molecule has 0 atom stereocenters. The quantitative estimate of drug-likeness (QED) is 0.0271. The minimum Gasteiger partial charge on any atom is -0.492 e. The first-order valence-electron chi connectivity index (χ1n) is 50.4. The molecule has 0 N–H and O–H groups in total. The van der Waals surface area contributed by atoms with E-state index in [2.05, 4.69) is 211 Å². The highest BCUT2D eigenvalue weighted by atomic mass is 32.1. The molecule has 131 heavy (non-hydrogen) atoms. The van der Waals surface area contributed by atoms with E-state index in [1.807, 2.05) is 81.9 Å². The minimum absolute atomic E-state index is 0.323. The van der Waals surface area contributed by atoms with Gasteiger partial charge >= 0.3 is 0 Å². The highest BCUT2D eigenvalue weighted by Crippen LogP contribution is 2.45. The van der Waals surface area contributed by atoms with Gasteiger partial charge in [0.25, 0.3) is 0 Å². The second-order valence-electron chi connectivity index (χ2n) is 34.7. The fraction of sp³-hybridized carbons (Fsp3) is 0.649. The molecular formula is C111H174O10S10. The minimum atomic E-state index is 0.323. The van der Waals surface area contributed by atoms with E-state index in [1.165, 1.54) is 267 Å². The number of thiophene rings is 10. The van der Waals surface area contributed by atoms with Crippen LogP contribution in [0.4, 0.5) is 0 Å². The van der Waals surface area contributed by atoms with Gasteiger partial charge in [-0.1, -0.05) is 177 Å². The van der Waals surface area contributed by atoms with Gasteiger partial charge in [-0.05, 0) is 274 Å². The predicted molar refractivity (Wildman–Crippen MR) is 589 cm³/mol. The van der Waals surface area contributed by atoms with Crippen molar-refractivity contribution in [2.24, 2.45) is 0 Å². The van der Waals surface area contributed by atoms with Crippen LogP contribution in [0.2, 0.25) is 0 Å². The molecule has 20 heteroatoms. The number of hydrogen-bond acceptors (Lipinski definition) is 20. The third kappa shape index (κ3) is 45.4. The predicted octanol–water partition coefficient (Wildman–Crippen LogP) is 36.7. The van der Waals surface area contributed by atoms with Gasteiger partial charge in [-0.2, -0.15) is 0 Å². The highest BCUT2D eigenvalue weighted by Gasteiger charge is 2.21. The third-order valence-electron chi connectivity index (χ3n) is 23.0. The molecule has 0 saturated heterocycles. The number of carbonyl (C=O) groups is 1. The molecule has 738 valence electrons. The van der Waals surface area contributed by atoms with E-state index in [4.69, 9.17) is 42.6 Å². The van der Waals surface area contributed by atoms with E-state index in [0.717, 1.165) is 49.0 Å². The Morgan fingerprint density at radius 3 is 0.962 bits per heavy atom. The molecule has 10 heterocycles. The van der Waals surface area contributed by atoms with Gasteiger partial charge in [0.05, 0.1) is 90.8 Å². The van der Waals surface area contributed by atoms with Crippen LogP contribution in [-0.4, -0.2) is 105 Å². The lowest BCUT2D eigenvalue weighted by molar-refractivity contribution is -0.00289. The number of carbonyl (C=O) groups excluding carboxylic acids is 1. The summed E-state index contributed by atoms with van der Waals surface area (Å²) in [6, 6.07) is 15.8. The van der Waals surface area contributed by atoms with Crippen molar-refractivity contribution in [3.05, 3.63) is 149 Å². The van der Waals surface area contributed by atoms with Gasteiger partial charge in [0.15, 0.2) is 5.78 Å². The number of benzene rings is 1. The Balaban J connectivity index is 0.000000273. The molecule has 0 aliphatic heterocycles. The molecule has 0 amide bonds. The van der Waals surface area contributed by atoms with Gasteiger partial charge in [-0.25, -0.2) is 0 Å². The lowest BCUT2D eigenvalue weighted by Crippen LogP contribution is -2.12. The topological polar surface area (TPSA) is 100 Å². The SMILES string of the molecule is CCCCCC(=O)c1cc2c(C)sc(C)c2s1.CCCCCCOc1cc(C)sc1C.CCCCCCc1c(C)sc2c(CCCCCC)c(C)sc12.CCCCCCc1c2cc(C)sc2c(CCCCCC)c2cc(C)sc12.CCCCCCc1cc(C)sc1C.CCOCCOCCOCCOCc1cc(C)sc1C.CCOCCOCCOCCOc1cc(C)sc1C. The van der Waals surface area contributed by atoms with Crippen molar-refractivity contribution in [2.45, 2.75) is 378 Å². The molecule has 0 unspecified atom stereocenters. The van der Waals surface area contributed by atoms with Gasteiger partial charge in [0.2, 0.25) is 0 Å². The average Bonchev–Trinajstić information content (AvgIpc) is 1.62. The first kappa shape index (κ1) is 118. The molecule has 0 bridgehead atoms. The van der Waals surface area contributed by atoms with Crippen LogP contribution in [0.25, 0.3) is 39.7 Å². The Morgan fingerprint density at radius 2 is 0.580 bits per heavy atom. The zero-order valence-corrected chi connectivity index (χ0v) is 94.0. The summed E-state index contributed by atoms with van der Waals surface area (Å²) in [5.74, 6) is 2.38. The number of hydrogen-bond donors (Lipinski definition) is 0. The van der Waals surface area contributed by atoms with Crippen molar-refractivity contribution >= 4 is 159 Å². The number of rotatable bonds is 59. The van der Waals surface area contributed by atoms with Crippen LogP contribution in [-0.2, 0) is 71.9 Å². The van der Waals surface area contributed by atoms with E-state index in [1.54, 1.807) is 89.8 Å². The maximum Gasteiger partial charge on any atom is 0.172 e. The van der Waals surface area contributed by atoms with Crippen LogP contribution >= 0.6 is 113 Å². The summed E-state index contributed by atoms with van der Waals surface area (Å²) in [4.78, 5) is 32.5. The summed E-state index contributed by atoms with van der Waals surface area (Å²) in [5.41, 5.74) is 9.50. The van der Waals surface area contributed by atoms with Gasteiger partial charge < -0.3 is 42.6 Å². The van der Waals surface area contributed by atoms with Crippen LogP contribution in [0, 0.1) is 96.9 Å². The Bertz CT molecular complexity index is 4570. The smallest absolute Gasteiger partial charge is 0.172 e. The molecule has 10 nitrogen and oxygen atoms in total. The molecule has 0 fully saturated rings. The van der Waals surface area contributed by atoms with E-state index in [9.17, 15) is 4.79 Å². The first-order valence-corrected chi connectivity index (χ1v) is 58.6. The number of ketones is 1. The largest absolute Gasteiger partial charge is 0.492 e. The lowest BCUT2D eigenvalue weighted by atomic mass is 9.95. The Labute approximate surface area is 836 Å². The summed E-state index contributed by atoms with van der Waals surface area (Å²) in [6.07, 6.45) is 42.7. The summed E-state index contributed by atoms with van der Waals surface area (Å²) < 4.78 is 56.5. The highest BCUT2D eigenvalue weighted by molar-refractivity contribution is 7.28. The summed E-state index contributed by atoms with van der Waals surface area (Å²) in [5, 5.41) is 4.43. The summed E-state index contributed by atoms with van der Waals surface area (Å²) >= 11 is 19.0. The normalized spacial score (nSPS) is 11.2. The van der Waals surface area contributed by atoms with Crippen molar-refractivity contribution in [1.82, 2.24) is 0 Å². The maximum atomic E-state index is 12.0. The Kier molecular flexibility index (Phi) is 63.6. The Hall–Kier alpha value is -3.75. The third-order valence-corrected chi connectivity index (χ3v) is 34.1. The summed E-state index contributed by atoms with van der Waals surface area (Å²) in [7, 11) is 0. The molecular weight excluding hydrogens is 1810 g/mol. The zero-order valence-electron chi connectivity index (χ0n) is 85.9. The van der Waals surface area contributed by atoms with Crippen molar-refractivity contribution in [1.29, 1.82) is 0 Å². The van der Waals surface area contributed by atoms with Crippen LogP contribution in [0.15, 0.2) is 42.5 Å². The van der Waals surface area contributed by atoms with E-state index >= 15 is 0 Å². The van der Waals surface area contributed by atoms with E-state index < -0.39 is 0 Å². The number of Topliss-reactive ketones (excluding diaryl/α,β-unsaturated/α-hetero) is 1. The molecule has 0 saturated carbocycles.